The van der Waals surface area contributed by atoms with Crippen LogP contribution < -0.4 is 0 Å². The number of benzene rings is 1. The van der Waals surface area contributed by atoms with Crippen LogP contribution in [0.15, 0.2) is 18.2 Å². The van der Waals surface area contributed by atoms with Crippen LogP contribution >= 0.6 is 0 Å². The van der Waals surface area contributed by atoms with Crippen molar-refractivity contribution in [2.75, 3.05) is 0 Å². The summed E-state index contributed by atoms with van der Waals surface area (Å²) < 4.78 is 0. The second-order valence-corrected chi connectivity index (χ2v) is 2.42. The summed E-state index contributed by atoms with van der Waals surface area (Å²) in [4.78, 5) is 0. The molecule has 0 aliphatic rings. The molecule has 2 N–H and O–H groups in total. The van der Waals surface area contributed by atoms with Crippen molar-refractivity contribution in [1.29, 1.82) is 0 Å². The van der Waals surface area contributed by atoms with Gasteiger partial charge in [-0.1, -0.05) is 18.2 Å². The molecule has 0 bridgehead atoms. The lowest BCUT2D eigenvalue weighted by Crippen LogP contribution is -1.93. The summed E-state index contributed by atoms with van der Waals surface area (Å²) in [5.41, 5.74) is 2.54. The highest BCUT2D eigenvalue weighted by Gasteiger charge is 2.00. The summed E-state index contributed by atoms with van der Waals surface area (Å²) in [7, 11) is 0. The van der Waals surface area contributed by atoms with Crippen molar-refractivity contribution in [3.8, 4) is 0 Å². The molecular weight excluding hydrogens is 140 g/mol. The Morgan fingerprint density at radius 3 is 2.73 bits per heavy atom. The molecule has 1 aromatic rings. The summed E-state index contributed by atoms with van der Waals surface area (Å²) in [5.74, 6) is 0. The maximum absolute atomic E-state index is 8.84. The van der Waals surface area contributed by atoms with Crippen LogP contribution in [0.2, 0.25) is 0 Å². The van der Waals surface area contributed by atoms with Gasteiger partial charge in [0.1, 0.15) is 6.61 Å². The molecule has 2 heteroatoms. The van der Waals surface area contributed by atoms with Gasteiger partial charge in [-0.3, -0.25) is 0 Å². The van der Waals surface area contributed by atoms with Crippen molar-refractivity contribution < 1.29 is 10.2 Å². The van der Waals surface area contributed by atoms with E-state index in [9.17, 15) is 0 Å². The minimum Gasteiger partial charge on any atom is -0.392 e. The molecule has 0 atom stereocenters. The Hall–Kier alpha value is -0.860. The van der Waals surface area contributed by atoms with Gasteiger partial charge >= 0.3 is 0 Å². The predicted octanol–water partition coefficient (Wildman–Crippen LogP) is 1.37. The molecule has 1 aromatic carbocycles. The second-order valence-electron chi connectivity index (χ2n) is 2.42. The Morgan fingerprint density at radius 2 is 2.18 bits per heavy atom. The van der Waals surface area contributed by atoms with Gasteiger partial charge in [0.05, 0.1) is 6.61 Å². The van der Waals surface area contributed by atoms with E-state index in [1.54, 1.807) is 12.1 Å². The van der Waals surface area contributed by atoms with Crippen molar-refractivity contribution in [1.82, 2.24) is 0 Å². The zero-order valence-corrected chi connectivity index (χ0v) is 6.41. The lowest BCUT2D eigenvalue weighted by atomic mass is 10.0. The van der Waals surface area contributed by atoms with Gasteiger partial charge in [0, 0.05) is 0 Å². The smallest absolute Gasteiger partial charge is 0.109 e. The van der Waals surface area contributed by atoms with E-state index in [1.165, 1.54) is 0 Å². The van der Waals surface area contributed by atoms with Crippen molar-refractivity contribution in [3.05, 3.63) is 41.5 Å². The summed E-state index contributed by atoms with van der Waals surface area (Å²) >= 11 is 0. The molecular formula is C9H11O2. The van der Waals surface area contributed by atoms with Crippen molar-refractivity contribution >= 4 is 0 Å². The van der Waals surface area contributed by atoms with Gasteiger partial charge in [-0.2, -0.15) is 0 Å². The lowest BCUT2D eigenvalue weighted by molar-refractivity contribution is 0.281. The number of hydrogen-bond acceptors (Lipinski definition) is 2. The zero-order chi connectivity index (χ0) is 8.27. The molecule has 11 heavy (non-hydrogen) atoms. The van der Waals surface area contributed by atoms with Crippen LogP contribution in [-0.2, 0) is 6.61 Å². The average Bonchev–Trinajstić information content (AvgIpc) is 2.05. The van der Waals surface area contributed by atoms with Crippen LogP contribution in [0, 0.1) is 13.5 Å². The third-order valence-electron chi connectivity index (χ3n) is 1.80. The Balaban J connectivity index is 3.10. The van der Waals surface area contributed by atoms with Gasteiger partial charge in [0.25, 0.3) is 0 Å². The molecule has 59 valence electrons. The van der Waals surface area contributed by atoms with E-state index in [2.05, 4.69) is 0 Å². The van der Waals surface area contributed by atoms with Gasteiger partial charge in [-0.25, -0.2) is 0 Å². The minimum absolute atomic E-state index is 0.0213. The van der Waals surface area contributed by atoms with Crippen LogP contribution in [-0.4, -0.2) is 10.2 Å². The fourth-order valence-corrected chi connectivity index (χ4v) is 1.01. The molecule has 0 unspecified atom stereocenters. The number of aliphatic hydroxyl groups excluding tert-OH is 2. The maximum atomic E-state index is 8.84. The first kappa shape index (κ1) is 8.24. The van der Waals surface area contributed by atoms with Gasteiger partial charge in [0.15, 0.2) is 0 Å². The highest BCUT2D eigenvalue weighted by Crippen LogP contribution is 2.13. The van der Waals surface area contributed by atoms with E-state index in [-0.39, 0.29) is 6.61 Å². The molecule has 0 saturated heterocycles. The maximum Gasteiger partial charge on any atom is 0.109 e. The summed E-state index contributed by atoms with van der Waals surface area (Å²) in [5, 5.41) is 17.6. The van der Waals surface area contributed by atoms with E-state index in [1.807, 2.05) is 13.0 Å². The normalized spacial score (nSPS) is 10.1. The molecule has 0 fully saturated rings. The van der Waals surface area contributed by atoms with Gasteiger partial charge in [0.2, 0.25) is 0 Å². The topological polar surface area (TPSA) is 40.5 Å². The van der Waals surface area contributed by atoms with Crippen molar-refractivity contribution in [2.45, 2.75) is 13.5 Å². The van der Waals surface area contributed by atoms with Crippen LogP contribution in [0.1, 0.15) is 16.7 Å². The van der Waals surface area contributed by atoms with E-state index < -0.39 is 0 Å². The third-order valence-corrected chi connectivity index (χ3v) is 1.80. The van der Waals surface area contributed by atoms with E-state index >= 15 is 0 Å². The van der Waals surface area contributed by atoms with Crippen LogP contribution in [0.3, 0.4) is 0 Å². The number of rotatable bonds is 2. The fraction of sp³-hybridized carbons (Fsp3) is 0.222. The zero-order valence-electron chi connectivity index (χ0n) is 6.41. The largest absolute Gasteiger partial charge is 0.392 e. The molecule has 0 aliphatic carbocycles. The third kappa shape index (κ3) is 1.59. The van der Waals surface area contributed by atoms with E-state index in [0.717, 1.165) is 23.3 Å². The summed E-state index contributed by atoms with van der Waals surface area (Å²) in [6.07, 6.45) is 0. The van der Waals surface area contributed by atoms with Crippen molar-refractivity contribution in [3.63, 3.8) is 0 Å². The molecule has 1 radical (unpaired) electrons. The summed E-state index contributed by atoms with van der Waals surface area (Å²) in [6.45, 7) is 2.94. The van der Waals surface area contributed by atoms with Crippen LogP contribution in [0.5, 0.6) is 0 Å². The SMILES string of the molecule is Cc1c([CH]O)cccc1CO. The first-order chi connectivity index (χ1) is 5.29. The molecule has 0 aromatic heterocycles. The first-order valence-electron chi connectivity index (χ1n) is 3.46. The summed E-state index contributed by atoms with van der Waals surface area (Å²) in [6, 6.07) is 5.44. The number of aliphatic hydroxyl groups is 2. The van der Waals surface area contributed by atoms with Crippen molar-refractivity contribution in [2.24, 2.45) is 0 Å². The predicted molar refractivity (Wildman–Crippen MR) is 42.4 cm³/mol. The van der Waals surface area contributed by atoms with Gasteiger partial charge in [-0.15, -0.1) is 0 Å². The Kier molecular flexibility index (Phi) is 2.63. The highest BCUT2D eigenvalue weighted by molar-refractivity contribution is 5.36. The van der Waals surface area contributed by atoms with E-state index in [4.69, 9.17) is 10.2 Å². The Labute approximate surface area is 66.1 Å². The van der Waals surface area contributed by atoms with Crippen LogP contribution in [0.25, 0.3) is 0 Å². The quantitative estimate of drug-likeness (QED) is 0.670. The number of hydrogen-bond donors (Lipinski definition) is 2. The Bertz CT molecular complexity index is 221. The first-order valence-corrected chi connectivity index (χ1v) is 3.46. The monoisotopic (exact) mass is 151 g/mol. The highest BCUT2D eigenvalue weighted by atomic mass is 16.3. The standard InChI is InChI=1S/C9H11O2/c1-7-8(5-10)3-2-4-9(7)6-11/h2-5,10-11H,6H2,1H3. The van der Waals surface area contributed by atoms with Gasteiger partial charge < -0.3 is 10.2 Å². The molecule has 2 nitrogen and oxygen atoms in total. The average molecular weight is 151 g/mol. The Morgan fingerprint density at radius 1 is 1.45 bits per heavy atom. The lowest BCUT2D eigenvalue weighted by Gasteiger charge is -2.05. The second kappa shape index (κ2) is 3.51. The molecule has 0 amide bonds. The van der Waals surface area contributed by atoms with Gasteiger partial charge in [-0.05, 0) is 23.6 Å². The molecule has 1 rings (SSSR count). The van der Waals surface area contributed by atoms with E-state index in [0.29, 0.717) is 0 Å². The molecule has 0 spiro atoms. The molecule has 0 heterocycles. The van der Waals surface area contributed by atoms with Crippen LogP contribution in [0.4, 0.5) is 0 Å². The minimum atomic E-state index is 0.0213. The fourth-order valence-electron chi connectivity index (χ4n) is 1.01. The molecule has 0 aliphatic heterocycles. The molecule has 0 saturated carbocycles.